The highest BCUT2D eigenvalue weighted by molar-refractivity contribution is 9.10. The second-order valence-corrected chi connectivity index (χ2v) is 5.14. The topological polar surface area (TPSA) is 9.23 Å². The molecule has 0 saturated carbocycles. The van der Waals surface area contributed by atoms with E-state index in [0.717, 1.165) is 11.3 Å². The Morgan fingerprint density at radius 3 is 2.50 bits per heavy atom. The van der Waals surface area contributed by atoms with Gasteiger partial charge in [0.05, 0.1) is 4.47 Å². The van der Waals surface area contributed by atoms with Crippen molar-refractivity contribution in [3.8, 4) is 5.75 Å². The lowest BCUT2D eigenvalue weighted by atomic mass is 10.1. The van der Waals surface area contributed by atoms with Crippen LogP contribution in [-0.2, 0) is 6.61 Å². The number of rotatable bonds is 3. The molecule has 3 heteroatoms. The second-order valence-electron chi connectivity index (χ2n) is 4.28. The van der Waals surface area contributed by atoms with Gasteiger partial charge in [-0.2, -0.15) is 0 Å². The minimum absolute atomic E-state index is 0.259. The molecule has 0 heterocycles. The summed E-state index contributed by atoms with van der Waals surface area (Å²) in [5.74, 6) is 0.573. The van der Waals surface area contributed by atoms with Gasteiger partial charge in [-0.1, -0.05) is 12.1 Å². The molecule has 18 heavy (non-hydrogen) atoms. The lowest BCUT2D eigenvalue weighted by Crippen LogP contribution is -1.96. The average Bonchev–Trinajstić information content (AvgIpc) is 2.35. The van der Waals surface area contributed by atoms with Crippen LogP contribution in [0.15, 0.2) is 40.9 Å². The molecule has 94 valence electrons. The minimum atomic E-state index is -0.259. The molecule has 0 spiro atoms. The molecule has 0 aliphatic heterocycles. The first kappa shape index (κ1) is 13.1. The van der Waals surface area contributed by atoms with Gasteiger partial charge in [-0.3, -0.25) is 0 Å². The molecule has 0 amide bonds. The summed E-state index contributed by atoms with van der Waals surface area (Å²) < 4.78 is 19.2. The van der Waals surface area contributed by atoms with E-state index in [4.69, 9.17) is 4.74 Å². The molecule has 0 N–H and O–H groups in total. The van der Waals surface area contributed by atoms with Gasteiger partial charge in [0, 0.05) is 0 Å². The van der Waals surface area contributed by atoms with E-state index in [1.54, 1.807) is 12.1 Å². The Bertz CT molecular complexity index is 515. The van der Waals surface area contributed by atoms with Gasteiger partial charge < -0.3 is 4.74 Å². The fourth-order valence-corrected chi connectivity index (χ4v) is 2.03. The zero-order valence-electron chi connectivity index (χ0n) is 10.3. The second kappa shape index (κ2) is 5.53. The summed E-state index contributed by atoms with van der Waals surface area (Å²) in [6, 6.07) is 10.9. The molecular formula is C15H14BrFO. The zero-order chi connectivity index (χ0) is 13.1. The van der Waals surface area contributed by atoms with Crippen LogP contribution in [0.5, 0.6) is 5.75 Å². The highest BCUT2D eigenvalue weighted by Crippen LogP contribution is 2.20. The molecule has 0 fully saturated rings. The van der Waals surface area contributed by atoms with E-state index < -0.39 is 0 Å². The monoisotopic (exact) mass is 308 g/mol. The molecule has 0 unspecified atom stereocenters. The summed E-state index contributed by atoms with van der Waals surface area (Å²) in [4.78, 5) is 0. The SMILES string of the molecule is Cc1ccc(OCc2ccc(F)c(Br)c2)cc1C. The lowest BCUT2D eigenvalue weighted by molar-refractivity contribution is 0.305. The van der Waals surface area contributed by atoms with E-state index in [-0.39, 0.29) is 5.82 Å². The summed E-state index contributed by atoms with van der Waals surface area (Å²) >= 11 is 3.16. The Hall–Kier alpha value is -1.35. The van der Waals surface area contributed by atoms with Crippen LogP contribution >= 0.6 is 15.9 Å². The largest absolute Gasteiger partial charge is 0.489 e. The average molecular weight is 309 g/mol. The molecule has 0 aliphatic carbocycles. The number of hydrogen-bond donors (Lipinski definition) is 0. The molecule has 2 rings (SSSR count). The number of ether oxygens (including phenoxy) is 1. The molecule has 2 aromatic rings. The summed E-state index contributed by atoms with van der Waals surface area (Å²) in [6.45, 7) is 4.55. The first-order valence-electron chi connectivity index (χ1n) is 5.70. The fraction of sp³-hybridized carbons (Fsp3) is 0.200. The Morgan fingerprint density at radius 1 is 1.06 bits per heavy atom. The van der Waals surface area contributed by atoms with Crippen molar-refractivity contribution < 1.29 is 9.13 Å². The van der Waals surface area contributed by atoms with Crippen molar-refractivity contribution in [2.75, 3.05) is 0 Å². The van der Waals surface area contributed by atoms with Crippen LogP contribution in [0.25, 0.3) is 0 Å². The van der Waals surface area contributed by atoms with Crippen LogP contribution in [0.1, 0.15) is 16.7 Å². The number of halogens is 2. The highest BCUT2D eigenvalue weighted by Gasteiger charge is 2.02. The van der Waals surface area contributed by atoms with Crippen molar-refractivity contribution in [2.24, 2.45) is 0 Å². The molecule has 0 aromatic heterocycles. The normalized spacial score (nSPS) is 10.4. The molecule has 0 aliphatic rings. The molecule has 0 saturated heterocycles. The number of benzene rings is 2. The van der Waals surface area contributed by atoms with Crippen molar-refractivity contribution in [3.05, 3.63) is 63.4 Å². The zero-order valence-corrected chi connectivity index (χ0v) is 11.9. The quantitative estimate of drug-likeness (QED) is 0.792. The van der Waals surface area contributed by atoms with Crippen LogP contribution in [0.2, 0.25) is 0 Å². The first-order valence-corrected chi connectivity index (χ1v) is 6.49. The third-order valence-electron chi connectivity index (χ3n) is 2.87. The number of hydrogen-bond acceptors (Lipinski definition) is 1. The van der Waals surface area contributed by atoms with Crippen molar-refractivity contribution >= 4 is 15.9 Å². The maximum atomic E-state index is 13.1. The van der Waals surface area contributed by atoms with Gasteiger partial charge in [-0.05, 0) is 70.7 Å². The Kier molecular flexibility index (Phi) is 4.02. The van der Waals surface area contributed by atoms with Crippen molar-refractivity contribution in [1.29, 1.82) is 0 Å². The van der Waals surface area contributed by atoms with Gasteiger partial charge in [0.2, 0.25) is 0 Å². The number of aryl methyl sites for hydroxylation is 2. The van der Waals surface area contributed by atoms with Crippen LogP contribution in [0.3, 0.4) is 0 Å². The molecule has 0 radical (unpaired) electrons. The Labute approximate surface area is 115 Å². The molecule has 0 atom stereocenters. The predicted molar refractivity (Wildman–Crippen MR) is 74.3 cm³/mol. The summed E-state index contributed by atoms with van der Waals surface area (Å²) in [7, 11) is 0. The minimum Gasteiger partial charge on any atom is -0.489 e. The van der Waals surface area contributed by atoms with E-state index in [2.05, 4.69) is 29.8 Å². The van der Waals surface area contributed by atoms with Gasteiger partial charge in [-0.15, -0.1) is 0 Å². The van der Waals surface area contributed by atoms with E-state index in [9.17, 15) is 4.39 Å². The smallest absolute Gasteiger partial charge is 0.137 e. The third-order valence-corrected chi connectivity index (χ3v) is 3.48. The Morgan fingerprint density at radius 2 is 1.83 bits per heavy atom. The Balaban J connectivity index is 2.06. The molecule has 2 aromatic carbocycles. The van der Waals surface area contributed by atoms with Crippen LogP contribution in [0.4, 0.5) is 4.39 Å². The predicted octanol–water partition coefficient (Wildman–Crippen LogP) is 4.78. The van der Waals surface area contributed by atoms with E-state index in [1.165, 1.54) is 17.2 Å². The van der Waals surface area contributed by atoms with E-state index in [0.29, 0.717) is 11.1 Å². The van der Waals surface area contributed by atoms with Crippen molar-refractivity contribution in [3.63, 3.8) is 0 Å². The van der Waals surface area contributed by atoms with Gasteiger partial charge in [-0.25, -0.2) is 4.39 Å². The van der Waals surface area contributed by atoms with Gasteiger partial charge in [0.25, 0.3) is 0 Å². The fourth-order valence-electron chi connectivity index (χ4n) is 1.60. The molecule has 0 bridgehead atoms. The van der Waals surface area contributed by atoms with Gasteiger partial charge >= 0.3 is 0 Å². The molecular weight excluding hydrogens is 295 g/mol. The summed E-state index contributed by atoms with van der Waals surface area (Å²) in [6.07, 6.45) is 0. The maximum Gasteiger partial charge on any atom is 0.137 e. The third kappa shape index (κ3) is 3.10. The van der Waals surface area contributed by atoms with Crippen molar-refractivity contribution in [1.82, 2.24) is 0 Å². The standard InChI is InChI=1S/C15H14BrFO/c1-10-3-5-13(7-11(10)2)18-9-12-4-6-15(17)14(16)8-12/h3-8H,9H2,1-2H3. The van der Waals surface area contributed by atoms with E-state index in [1.807, 2.05) is 18.2 Å². The summed E-state index contributed by atoms with van der Waals surface area (Å²) in [5, 5.41) is 0. The van der Waals surface area contributed by atoms with Gasteiger partial charge in [0.1, 0.15) is 18.2 Å². The molecule has 1 nitrogen and oxygen atoms in total. The summed E-state index contributed by atoms with van der Waals surface area (Å²) in [5.41, 5.74) is 3.38. The highest BCUT2D eigenvalue weighted by atomic mass is 79.9. The van der Waals surface area contributed by atoms with Gasteiger partial charge in [0.15, 0.2) is 0 Å². The van der Waals surface area contributed by atoms with E-state index >= 15 is 0 Å². The van der Waals surface area contributed by atoms with Crippen LogP contribution < -0.4 is 4.74 Å². The first-order chi connectivity index (χ1) is 8.56. The van der Waals surface area contributed by atoms with Crippen LogP contribution in [0, 0.1) is 19.7 Å². The maximum absolute atomic E-state index is 13.1. The van der Waals surface area contributed by atoms with Crippen molar-refractivity contribution in [2.45, 2.75) is 20.5 Å². The lowest BCUT2D eigenvalue weighted by Gasteiger charge is -2.09. The van der Waals surface area contributed by atoms with Crippen LogP contribution in [-0.4, -0.2) is 0 Å².